The van der Waals surface area contributed by atoms with Crippen molar-refractivity contribution in [2.45, 2.75) is 70.9 Å². The zero-order valence-corrected chi connectivity index (χ0v) is 11.8. The fourth-order valence-electron chi connectivity index (χ4n) is 3.72. The molecule has 1 aliphatic heterocycles. The molecule has 1 saturated heterocycles. The molecule has 0 aromatic carbocycles. The van der Waals surface area contributed by atoms with Crippen LogP contribution in [-0.2, 0) is 0 Å². The highest BCUT2D eigenvalue weighted by Gasteiger charge is 2.30. The Morgan fingerprint density at radius 3 is 2.47 bits per heavy atom. The molecule has 0 aromatic rings. The number of likely N-dealkylation sites (tertiary alicyclic amines) is 1. The van der Waals surface area contributed by atoms with E-state index in [4.69, 9.17) is 0 Å². The van der Waals surface area contributed by atoms with Crippen molar-refractivity contribution in [1.82, 2.24) is 10.2 Å². The van der Waals surface area contributed by atoms with E-state index in [0.29, 0.717) is 0 Å². The molecule has 0 bridgehead atoms. The van der Waals surface area contributed by atoms with Crippen molar-refractivity contribution in [1.29, 1.82) is 0 Å². The Morgan fingerprint density at radius 2 is 1.82 bits per heavy atom. The zero-order valence-electron chi connectivity index (χ0n) is 11.8. The first-order chi connectivity index (χ1) is 8.33. The van der Waals surface area contributed by atoms with E-state index in [1.807, 2.05) is 0 Å². The van der Waals surface area contributed by atoms with Gasteiger partial charge in [-0.1, -0.05) is 39.5 Å². The first kappa shape index (κ1) is 13.4. The summed E-state index contributed by atoms with van der Waals surface area (Å²) in [6, 6.07) is 1.65. The highest BCUT2D eigenvalue weighted by molar-refractivity contribution is 4.87. The Kier molecular flexibility index (Phi) is 5.30. The lowest BCUT2D eigenvalue weighted by atomic mass is 9.87. The topological polar surface area (TPSA) is 15.3 Å². The standard InChI is InChI=1S/C15H30N2/c1-3-13-10-14(16-4-2)12-17(11-13)15-8-6-5-7-9-15/h13-16H,3-12H2,1-2H3. The predicted molar refractivity (Wildman–Crippen MR) is 74.3 cm³/mol. The fourth-order valence-corrected chi connectivity index (χ4v) is 3.72. The third-order valence-electron chi connectivity index (χ3n) is 4.73. The third kappa shape index (κ3) is 3.69. The van der Waals surface area contributed by atoms with Crippen molar-refractivity contribution >= 4 is 0 Å². The molecule has 1 aliphatic carbocycles. The summed E-state index contributed by atoms with van der Waals surface area (Å²) in [5.74, 6) is 0.926. The second kappa shape index (κ2) is 6.75. The lowest BCUT2D eigenvalue weighted by molar-refractivity contribution is 0.0767. The molecular weight excluding hydrogens is 208 g/mol. The van der Waals surface area contributed by atoms with Crippen LogP contribution in [0.2, 0.25) is 0 Å². The van der Waals surface area contributed by atoms with Crippen LogP contribution in [0, 0.1) is 5.92 Å². The lowest BCUT2D eigenvalue weighted by Crippen LogP contribution is -2.52. The fraction of sp³-hybridized carbons (Fsp3) is 1.00. The summed E-state index contributed by atoms with van der Waals surface area (Å²) in [5.41, 5.74) is 0. The quantitative estimate of drug-likeness (QED) is 0.810. The molecule has 17 heavy (non-hydrogen) atoms. The van der Waals surface area contributed by atoms with Crippen LogP contribution in [-0.4, -0.2) is 36.6 Å². The van der Waals surface area contributed by atoms with Gasteiger partial charge in [-0.25, -0.2) is 0 Å². The SMILES string of the molecule is CCNC1CC(CC)CN(C2CCCCC2)C1. The summed E-state index contributed by atoms with van der Waals surface area (Å²) in [4.78, 5) is 2.81. The van der Waals surface area contributed by atoms with Crippen LogP contribution in [0.3, 0.4) is 0 Å². The highest BCUT2D eigenvalue weighted by Crippen LogP contribution is 2.28. The molecule has 2 rings (SSSR count). The van der Waals surface area contributed by atoms with E-state index in [0.717, 1.165) is 24.5 Å². The van der Waals surface area contributed by atoms with Gasteiger partial charge in [0.2, 0.25) is 0 Å². The van der Waals surface area contributed by atoms with Gasteiger partial charge in [0.15, 0.2) is 0 Å². The van der Waals surface area contributed by atoms with Gasteiger partial charge in [-0.05, 0) is 31.7 Å². The van der Waals surface area contributed by atoms with E-state index in [-0.39, 0.29) is 0 Å². The van der Waals surface area contributed by atoms with Gasteiger partial charge in [0.1, 0.15) is 0 Å². The Morgan fingerprint density at radius 1 is 1.06 bits per heavy atom. The van der Waals surface area contributed by atoms with Crippen LogP contribution < -0.4 is 5.32 Å². The average molecular weight is 238 g/mol. The summed E-state index contributed by atoms with van der Waals surface area (Å²) in [7, 11) is 0. The van der Waals surface area contributed by atoms with Gasteiger partial charge in [0, 0.05) is 25.2 Å². The van der Waals surface area contributed by atoms with Crippen molar-refractivity contribution in [3.8, 4) is 0 Å². The third-order valence-corrected chi connectivity index (χ3v) is 4.73. The molecule has 100 valence electrons. The molecule has 2 nitrogen and oxygen atoms in total. The monoisotopic (exact) mass is 238 g/mol. The van der Waals surface area contributed by atoms with Gasteiger partial charge in [0.25, 0.3) is 0 Å². The molecule has 2 atom stereocenters. The summed E-state index contributed by atoms with van der Waals surface area (Å²) in [6.45, 7) is 8.39. The molecule has 2 aliphatic rings. The van der Waals surface area contributed by atoms with Crippen molar-refractivity contribution in [3.63, 3.8) is 0 Å². The van der Waals surface area contributed by atoms with Gasteiger partial charge in [-0.3, -0.25) is 4.90 Å². The molecule has 1 N–H and O–H groups in total. The second-order valence-corrected chi connectivity index (χ2v) is 6.01. The van der Waals surface area contributed by atoms with Crippen molar-refractivity contribution < 1.29 is 0 Å². The van der Waals surface area contributed by atoms with Crippen molar-refractivity contribution in [3.05, 3.63) is 0 Å². The molecular formula is C15H30N2. The molecule has 2 heteroatoms. The van der Waals surface area contributed by atoms with E-state index in [1.54, 1.807) is 0 Å². The maximum Gasteiger partial charge on any atom is 0.0198 e. The van der Waals surface area contributed by atoms with E-state index in [9.17, 15) is 0 Å². The summed E-state index contributed by atoms with van der Waals surface area (Å²) in [6.07, 6.45) is 10.1. The Labute approximate surface area is 107 Å². The smallest absolute Gasteiger partial charge is 0.0198 e. The molecule has 2 fully saturated rings. The number of hydrogen-bond acceptors (Lipinski definition) is 2. The number of nitrogens with zero attached hydrogens (tertiary/aromatic N) is 1. The summed E-state index contributed by atoms with van der Waals surface area (Å²) in [5, 5.41) is 3.68. The molecule has 0 amide bonds. The highest BCUT2D eigenvalue weighted by atomic mass is 15.2. The molecule has 0 spiro atoms. The largest absolute Gasteiger partial charge is 0.313 e. The van der Waals surface area contributed by atoms with E-state index in [2.05, 4.69) is 24.1 Å². The van der Waals surface area contributed by atoms with Crippen LogP contribution in [0.1, 0.15) is 58.8 Å². The van der Waals surface area contributed by atoms with Gasteiger partial charge in [-0.2, -0.15) is 0 Å². The number of hydrogen-bond donors (Lipinski definition) is 1. The van der Waals surface area contributed by atoms with Crippen LogP contribution >= 0.6 is 0 Å². The minimum Gasteiger partial charge on any atom is -0.313 e. The molecule has 2 unspecified atom stereocenters. The van der Waals surface area contributed by atoms with E-state index in [1.165, 1.54) is 58.0 Å². The lowest BCUT2D eigenvalue weighted by Gasteiger charge is -2.43. The first-order valence-electron chi connectivity index (χ1n) is 7.80. The van der Waals surface area contributed by atoms with Crippen molar-refractivity contribution in [2.24, 2.45) is 5.92 Å². The summed E-state index contributed by atoms with van der Waals surface area (Å²) >= 11 is 0. The van der Waals surface area contributed by atoms with Crippen molar-refractivity contribution in [2.75, 3.05) is 19.6 Å². The number of likely N-dealkylation sites (N-methyl/N-ethyl adjacent to an activating group) is 1. The maximum atomic E-state index is 3.68. The molecule has 1 heterocycles. The van der Waals surface area contributed by atoms with Crippen LogP contribution in [0.5, 0.6) is 0 Å². The Bertz CT molecular complexity index is 211. The predicted octanol–water partition coefficient (Wildman–Crippen LogP) is 3.03. The molecule has 0 radical (unpaired) electrons. The minimum absolute atomic E-state index is 0.751. The van der Waals surface area contributed by atoms with Crippen LogP contribution in [0.15, 0.2) is 0 Å². The average Bonchev–Trinajstić information content (AvgIpc) is 2.40. The second-order valence-electron chi connectivity index (χ2n) is 6.01. The van der Waals surface area contributed by atoms with Gasteiger partial charge in [-0.15, -0.1) is 0 Å². The number of piperidine rings is 1. The number of nitrogens with one attached hydrogen (secondary N) is 1. The number of rotatable bonds is 4. The molecule has 1 saturated carbocycles. The summed E-state index contributed by atoms with van der Waals surface area (Å²) < 4.78 is 0. The Balaban J connectivity index is 1.90. The molecule has 0 aromatic heterocycles. The van der Waals surface area contributed by atoms with Crippen LogP contribution in [0.4, 0.5) is 0 Å². The van der Waals surface area contributed by atoms with E-state index >= 15 is 0 Å². The first-order valence-corrected chi connectivity index (χ1v) is 7.80. The van der Waals surface area contributed by atoms with Gasteiger partial charge in [0.05, 0.1) is 0 Å². The van der Waals surface area contributed by atoms with Gasteiger partial charge >= 0.3 is 0 Å². The minimum atomic E-state index is 0.751. The van der Waals surface area contributed by atoms with E-state index < -0.39 is 0 Å². The Hall–Kier alpha value is -0.0800. The normalized spacial score (nSPS) is 32.8. The zero-order chi connectivity index (χ0) is 12.1. The van der Waals surface area contributed by atoms with Crippen LogP contribution in [0.25, 0.3) is 0 Å². The maximum absolute atomic E-state index is 3.68. The van der Waals surface area contributed by atoms with Gasteiger partial charge < -0.3 is 5.32 Å².